The molecule has 0 radical (unpaired) electrons. The zero-order valence-corrected chi connectivity index (χ0v) is 13.2. The molecule has 0 aliphatic heterocycles. The van der Waals surface area contributed by atoms with Gasteiger partial charge in [0.15, 0.2) is 0 Å². The molecule has 0 saturated heterocycles. The van der Waals surface area contributed by atoms with Crippen LogP contribution in [0.2, 0.25) is 5.02 Å². The molecule has 0 aliphatic carbocycles. The van der Waals surface area contributed by atoms with Crippen LogP contribution < -0.4 is 5.73 Å². The van der Waals surface area contributed by atoms with Gasteiger partial charge >= 0.3 is 0 Å². The van der Waals surface area contributed by atoms with E-state index in [-0.39, 0.29) is 0 Å². The van der Waals surface area contributed by atoms with Gasteiger partial charge in [0.25, 0.3) is 0 Å². The Kier molecular flexibility index (Phi) is 4.06. The first-order chi connectivity index (χ1) is 10.2. The average molecular weight is 315 g/mol. The third-order valence-corrected chi connectivity index (χ3v) is 4.56. The lowest BCUT2D eigenvalue weighted by atomic mass is 10.1. The van der Waals surface area contributed by atoms with Gasteiger partial charge < -0.3 is 5.73 Å². The Hall–Kier alpha value is -1.68. The predicted octanol–water partition coefficient (Wildman–Crippen LogP) is 4.90. The molecule has 106 valence electrons. The van der Waals surface area contributed by atoms with Crippen LogP contribution in [0.5, 0.6) is 0 Å². The minimum absolute atomic E-state index is 0.541. The maximum Gasteiger partial charge on any atom is 0.124 e. The number of hydrogen-bond donors (Lipinski definition) is 1. The highest BCUT2D eigenvalue weighted by Gasteiger charge is 2.11. The van der Waals surface area contributed by atoms with E-state index in [0.29, 0.717) is 6.54 Å². The first-order valence-corrected chi connectivity index (χ1v) is 7.89. The Morgan fingerprint density at radius 2 is 1.86 bits per heavy atom. The normalized spacial score (nSPS) is 10.8. The van der Waals surface area contributed by atoms with Crippen molar-refractivity contribution in [2.75, 3.05) is 0 Å². The average Bonchev–Trinajstić information content (AvgIpc) is 2.89. The second-order valence-electron chi connectivity index (χ2n) is 4.84. The van der Waals surface area contributed by atoms with Crippen LogP contribution in [0.25, 0.3) is 21.8 Å². The Morgan fingerprint density at radius 1 is 1.10 bits per heavy atom. The maximum atomic E-state index is 6.07. The molecule has 2 N–H and O–H groups in total. The zero-order valence-electron chi connectivity index (χ0n) is 11.6. The Labute approximate surface area is 133 Å². The Balaban J connectivity index is 2.05. The molecular formula is C17H15ClN2S. The van der Waals surface area contributed by atoms with Gasteiger partial charge in [0, 0.05) is 27.6 Å². The van der Waals surface area contributed by atoms with Crippen LogP contribution in [-0.2, 0) is 6.54 Å². The van der Waals surface area contributed by atoms with E-state index in [0.717, 1.165) is 32.4 Å². The van der Waals surface area contributed by atoms with Crippen molar-refractivity contribution in [1.29, 1.82) is 0 Å². The van der Waals surface area contributed by atoms with E-state index in [4.69, 9.17) is 22.3 Å². The van der Waals surface area contributed by atoms with E-state index < -0.39 is 0 Å². The van der Waals surface area contributed by atoms with Crippen LogP contribution in [0.15, 0.2) is 48.5 Å². The molecule has 3 aromatic rings. The lowest BCUT2D eigenvalue weighted by Crippen LogP contribution is -1.95. The molecule has 0 spiro atoms. The van der Waals surface area contributed by atoms with Gasteiger partial charge in [-0.3, -0.25) is 0 Å². The van der Waals surface area contributed by atoms with Crippen molar-refractivity contribution in [3.63, 3.8) is 0 Å². The number of thiazole rings is 1. The molecule has 0 aliphatic rings. The van der Waals surface area contributed by atoms with Gasteiger partial charge in [-0.2, -0.15) is 0 Å². The molecule has 0 saturated carbocycles. The van der Waals surface area contributed by atoms with E-state index in [9.17, 15) is 0 Å². The van der Waals surface area contributed by atoms with Crippen molar-refractivity contribution >= 4 is 22.9 Å². The van der Waals surface area contributed by atoms with Crippen LogP contribution >= 0.6 is 22.9 Å². The first kappa shape index (κ1) is 14.3. The summed E-state index contributed by atoms with van der Waals surface area (Å²) in [6.45, 7) is 2.63. The summed E-state index contributed by atoms with van der Waals surface area (Å²) in [7, 11) is 0. The number of hydrogen-bond acceptors (Lipinski definition) is 3. The van der Waals surface area contributed by atoms with E-state index in [1.807, 2.05) is 36.4 Å². The minimum atomic E-state index is 0.541. The van der Waals surface area contributed by atoms with E-state index in [2.05, 4.69) is 19.1 Å². The van der Waals surface area contributed by atoms with Gasteiger partial charge in [-0.1, -0.05) is 41.9 Å². The summed E-state index contributed by atoms with van der Waals surface area (Å²) >= 11 is 7.76. The summed E-state index contributed by atoms with van der Waals surface area (Å²) in [5, 5.41) is 1.74. The van der Waals surface area contributed by atoms with Gasteiger partial charge in [0.05, 0.1) is 5.69 Å². The fourth-order valence-electron chi connectivity index (χ4n) is 2.25. The predicted molar refractivity (Wildman–Crippen MR) is 90.6 cm³/mol. The molecular weight excluding hydrogens is 300 g/mol. The maximum absolute atomic E-state index is 6.07. The van der Waals surface area contributed by atoms with Gasteiger partial charge in [0.2, 0.25) is 0 Å². The van der Waals surface area contributed by atoms with Crippen LogP contribution in [0.4, 0.5) is 0 Å². The quantitative estimate of drug-likeness (QED) is 0.747. The standard InChI is InChI=1S/C17H15ClN2S/c1-11-16(13-5-3-7-15(18)9-13)20-17(21-11)14-6-2-4-12(8-14)10-19/h2-9H,10,19H2,1H3. The summed E-state index contributed by atoms with van der Waals surface area (Å²) in [4.78, 5) is 5.97. The highest BCUT2D eigenvalue weighted by molar-refractivity contribution is 7.15. The number of benzene rings is 2. The highest BCUT2D eigenvalue weighted by Crippen LogP contribution is 2.34. The van der Waals surface area contributed by atoms with Crippen LogP contribution in [-0.4, -0.2) is 4.98 Å². The number of rotatable bonds is 3. The fourth-order valence-corrected chi connectivity index (χ4v) is 3.38. The molecule has 0 atom stereocenters. The summed E-state index contributed by atoms with van der Waals surface area (Å²) in [6, 6.07) is 16.0. The number of aryl methyl sites for hydroxylation is 1. The number of nitrogens with two attached hydrogens (primary N) is 1. The van der Waals surface area contributed by atoms with Crippen molar-refractivity contribution in [1.82, 2.24) is 4.98 Å². The van der Waals surface area contributed by atoms with Gasteiger partial charge in [-0.25, -0.2) is 4.98 Å². The number of halogens is 1. The van der Waals surface area contributed by atoms with Gasteiger partial charge in [-0.15, -0.1) is 11.3 Å². The Morgan fingerprint density at radius 3 is 2.62 bits per heavy atom. The van der Waals surface area contributed by atoms with Crippen molar-refractivity contribution in [2.45, 2.75) is 13.5 Å². The highest BCUT2D eigenvalue weighted by atomic mass is 35.5. The SMILES string of the molecule is Cc1sc(-c2cccc(CN)c2)nc1-c1cccc(Cl)c1. The smallest absolute Gasteiger partial charge is 0.124 e. The van der Waals surface area contributed by atoms with Crippen molar-refractivity contribution in [3.05, 3.63) is 64.0 Å². The second-order valence-corrected chi connectivity index (χ2v) is 6.48. The summed E-state index contributed by atoms with van der Waals surface area (Å²) < 4.78 is 0. The largest absolute Gasteiger partial charge is 0.326 e. The molecule has 4 heteroatoms. The van der Waals surface area contributed by atoms with Crippen LogP contribution in [0.1, 0.15) is 10.4 Å². The van der Waals surface area contributed by atoms with Crippen molar-refractivity contribution in [3.8, 4) is 21.8 Å². The summed E-state index contributed by atoms with van der Waals surface area (Å²) in [5.41, 5.74) is 9.98. The van der Waals surface area contributed by atoms with Crippen molar-refractivity contribution in [2.24, 2.45) is 5.73 Å². The van der Waals surface area contributed by atoms with Gasteiger partial charge in [-0.05, 0) is 30.7 Å². The van der Waals surface area contributed by atoms with Crippen molar-refractivity contribution < 1.29 is 0 Å². The third-order valence-electron chi connectivity index (χ3n) is 3.30. The Bertz CT molecular complexity index is 780. The van der Waals surface area contributed by atoms with E-state index >= 15 is 0 Å². The summed E-state index contributed by atoms with van der Waals surface area (Å²) in [5.74, 6) is 0. The molecule has 0 amide bonds. The molecule has 1 heterocycles. The number of nitrogens with zero attached hydrogens (tertiary/aromatic N) is 1. The fraction of sp³-hybridized carbons (Fsp3) is 0.118. The lowest BCUT2D eigenvalue weighted by molar-refractivity contribution is 1.07. The third kappa shape index (κ3) is 3.00. The molecule has 3 rings (SSSR count). The minimum Gasteiger partial charge on any atom is -0.326 e. The molecule has 2 nitrogen and oxygen atoms in total. The lowest BCUT2D eigenvalue weighted by Gasteiger charge is -2.00. The zero-order chi connectivity index (χ0) is 14.8. The molecule has 0 bridgehead atoms. The van der Waals surface area contributed by atoms with Crippen LogP contribution in [0.3, 0.4) is 0 Å². The monoisotopic (exact) mass is 314 g/mol. The molecule has 1 aromatic heterocycles. The first-order valence-electron chi connectivity index (χ1n) is 6.70. The topological polar surface area (TPSA) is 38.9 Å². The summed E-state index contributed by atoms with van der Waals surface area (Å²) in [6.07, 6.45) is 0. The molecule has 0 fully saturated rings. The van der Waals surface area contributed by atoms with Gasteiger partial charge in [0.1, 0.15) is 5.01 Å². The molecule has 2 aromatic carbocycles. The second kappa shape index (κ2) is 5.98. The van der Waals surface area contributed by atoms with E-state index in [1.54, 1.807) is 11.3 Å². The number of aromatic nitrogens is 1. The molecule has 21 heavy (non-hydrogen) atoms. The van der Waals surface area contributed by atoms with E-state index in [1.165, 1.54) is 4.88 Å². The molecule has 0 unspecified atom stereocenters. The van der Waals surface area contributed by atoms with Crippen LogP contribution in [0, 0.1) is 6.92 Å².